The molecule has 0 atom stereocenters. The average Bonchev–Trinajstić information content (AvgIpc) is 1.69. The summed E-state index contributed by atoms with van der Waals surface area (Å²) in [5.74, 6) is 0. The number of hydrogen-bond acceptors (Lipinski definition) is 2. The van der Waals surface area contributed by atoms with Crippen LogP contribution in [0.15, 0.2) is 12.2 Å². The van der Waals surface area contributed by atoms with Crippen LogP contribution in [0.1, 0.15) is 6.92 Å². The Morgan fingerprint density at radius 1 is 1.86 bits per heavy atom. The summed E-state index contributed by atoms with van der Waals surface area (Å²) < 4.78 is 0. The molecule has 0 bridgehead atoms. The molecule has 0 amide bonds. The second-order valence-electron chi connectivity index (χ2n) is 0.999. The molecular formula is C4H9NO2. The highest BCUT2D eigenvalue weighted by molar-refractivity contribution is 4.74. The minimum absolute atomic E-state index is 0.389. The van der Waals surface area contributed by atoms with E-state index in [0.29, 0.717) is 12.3 Å². The maximum absolute atomic E-state index is 9.42. The van der Waals surface area contributed by atoms with Gasteiger partial charge < -0.3 is 5.21 Å². The van der Waals surface area contributed by atoms with Crippen LogP contribution in [-0.2, 0) is 4.84 Å². The van der Waals surface area contributed by atoms with Crippen molar-refractivity contribution in [2.45, 2.75) is 6.92 Å². The van der Waals surface area contributed by atoms with E-state index >= 15 is 0 Å². The summed E-state index contributed by atoms with van der Waals surface area (Å²) in [6, 6.07) is 0. The van der Waals surface area contributed by atoms with Gasteiger partial charge in [-0.1, -0.05) is 12.2 Å². The second kappa shape index (κ2) is 5.62. The molecule has 0 aromatic heterocycles. The van der Waals surface area contributed by atoms with E-state index in [-0.39, 0.29) is 0 Å². The van der Waals surface area contributed by atoms with Gasteiger partial charge in [0.05, 0.1) is 0 Å². The Morgan fingerprint density at radius 3 is 3.00 bits per heavy atom. The minimum atomic E-state index is 0.389. The summed E-state index contributed by atoms with van der Waals surface area (Å²) in [4.78, 5) is 4.31. The first-order valence-corrected chi connectivity index (χ1v) is 2.08. The zero-order valence-electron chi connectivity index (χ0n) is 4.26. The SMILES string of the molecule is CC=CCO[NH2+][O-]. The van der Waals surface area contributed by atoms with Gasteiger partial charge in [0, 0.05) is 0 Å². The zero-order valence-corrected chi connectivity index (χ0v) is 4.26. The highest BCUT2D eigenvalue weighted by Crippen LogP contribution is 1.65. The van der Waals surface area contributed by atoms with Gasteiger partial charge in [0.1, 0.15) is 6.61 Å². The molecule has 0 aliphatic rings. The van der Waals surface area contributed by atoms with E-state index < -0.39 is 0 Å². The molecule has 42 valence electrons. The molecule has 0 saturated carbocycles. The maximum atomic E-state index is 9.42. The van der Waals surface area contributed by atoms with Crippen molar-refractivity contribution in [3.8, 4) is 0 Å². The molecule has 0 rings (SSSR count). The molecule has 7 heavy (non-hydrogen) atoms. The van der Waals surface area contributed by atoms with Crippen LogP contribution < -0.4 is 5.64 Å². The fraction of sp³-hybridized carbons (Fsp3) is 0.500. The Hall–Kier alpha value is -0.380. The fourth-order valence-electron chi connectivity index (χ4n) is 0.191. The van der Waals surface area contributed by atoms with Crippen LogP contribution in [0, 0.1) is 5.21 Å². The van der Waals surface area contributed by atoms with Gasteiger partial charge in [0.25, 0.3) is 0 Å². The molecule has 0 unspecified atom stereocenters. The summed E-state index contributed by atoms with van der Waals surface area (Å²) >= 11 is 0. The first kappa shape index (κ1) is 6.62. The summed E-state index contributed by atoms with van der Waals surface area (Å²) in [7, 11) is 0. The predicted octanol–water partition coefficient (Wildman–Crippen LogP) is -0.445. The Kier molecular flexibility index (Phi) is 5.31. The number of nitrogens with two attached hydrogens (primary N) is 1. The van der Waals surface area contributed by atoms with Crippen LogP contribution in [0.5, 0.6) is 0 Å². The first-order valence-electron chi connectivity index (χ1n) is 2.08. The molecule has 0 fully saturated rings. The maximum Gasteiger partial charge on any atom is 0.125 e. The fourth-order valence-corrected chi connectivity index (χ4v) is 0.191. The number of quaternary nitrogens is 1. The van der Waals surface area contributed by atoms with Gasteiger partial charge in [-0.2, -0.15) is 0 Å². The lowest BCUT2D eigenvalue weighted by Crippen LogP contribution is -2.76. The third-order valence-corrected chi connectivity index (χ3v) is 0.496. The molecule has 0 spiro atoms. The van der Waals surface area contributed by atoms with Crippen LogP contribution in [0.3, 0.4) is 0 Å². The van der Waals surface area contributed by atoms with Crippen molar-refractivity contribution < 1.29 is 10.5 Å². The molecule has 3 heteroatoms. The number of allylic oxidation sites excluding steroid dienone is 1. The lowest BCUT2D eigenvalue weighted by molar-refractivity contribution is -0.848. The van der Waals surface area contributed by atoms with Crippen molar-refractivity contribution in [3.05, 3.63) is 17.4 Å². The van der Waals surface area contributed by atoms with E-state index in [1.54, 1.807) is 6.08 Å². The quantitative estimate of drug-likeness (QED) is 0.299. The lowest BCUT2D eigenvalue weighted by atomic mass is 10.6. The molecule has 0 aliphatic heterocycles. The van der Waals surface area contributed by atoms with E-state index in [1.165, 1.54) is 0 Å². The average molecular weight is 103 g/mol. The predicted molar refractivity (Wildman–Crippen MR) is 26.1 cm³/mol. The van der Waals surface area contributed by atoms with Gasteiger partial charge >= 0.3 is 0 Å². The van der Waals surface area contributed by atoms with Gasteiger partial charge in [0.2, 0.25) is 0 Å². The molecule has 0 aliphatic carbocycles. The summed E-state index contributed by atoms with van der Waals surface area (Å²) in [6.45, 7) is 2.26. The topological polar surface area (TPSA) is 48.9 Å². The van der Waals surface area contributed by atoms with E-state index in [1.807, 2.05) is 13.0 Å². The van der Waals surface area contributed by atoms with E-state index in [9.17, 15) is 5.21 Å². The Bertz CT molecular complexity index is 53.7. The Morgan fingerprint density at radius 2 is 2.57 bits per heavy atom. The molecule has 0 heterocycles. The van der Waals surface area contributed by atoms with Crippen molar-refractivity contribution in [3.63, 3.8) is 0 Å². The summed E-state index contributed by atoms with van der Waals surface area (Å²) in [5.41, 5.74) is 0.431. The first-order chi connectivity index (χ1) is 3.41. The molecule has 3 nitrogen and oxygen atoms in total. The van der Waals surface area contributed by atoms with Crippen molar-refractivity contribution in [2.75, 3.05) is 6.61 Å². The lowest BCUT2D eigenvalue weighted by Gasteiger charge is -1.95. The molecular weight excluding hydrogens is 94.0 g/mol. The highest BCUT2D eigenvalue weighted by atomic mass is 16.8. The van der Waals surface area contributed by atoms with E-state index in [2.05, 4.69) is 4.84 Å². The van der Waals surface area contributed by atoms with Crippen LogP contribution in [-0.4, -0.2) is 6.61 Å². The van der Waals surface area contributed by atoms with Crippen molar-refractivity contribution in [1.29, 1.82) is 0 Å². The Labute approximate surface area is 42.5 Å². The largest absolute Gasteiger partial charge is 0.601 e. The molecule has 0 aromatic rings. The highest BCUT2D eigenvalue weighted by Gasteiger charge is 1.69. The smallest absolute Gasteiger partial charge is 0.125 e. The standard InChI is InChI=1S/C4H9NO2/c1-2-3-4-7-5-6/h2-3H,4-5H2,1H3. The van der Waals surface area contributed by atoms with Crippen molar-refractivity contribution in [2.24, 2.45) is 0 Å². The normalized spacial score (nSPS) is 10.6. The van der Waals surface area contributed by atoms with Crippen LogP contribution in [0.25, 0.3) is 0 Å². The van der Waals surface area contributed by atoms with Gasteiger partial charge in [-0.05, 0) is 6.92 Å². The van der Waals surface area contributed by atoms with Crippen LogP contribution in [0.2, 0.25) is 0 Å². The van der Waals surface area contributed by atoms with E-state index in [0.717, 1.165) is 0 Å². The minimum Gasteiger partial charge on any atom is -0.601 e. The molecule has 0 radical (unpaired) electrons. The molecule has 0 aromatic carbocycles. The molecule has 0 saturated heterocycles. The number of rotatable bonds is 3. The van der Waals surface area contributed by atoms with E-state index in [4.69, 9.17) is 0 Å². The van der Waals surface area contributed by atoms with Crippen LogP contribution in [0.4, 0.5) is 0 Å². The van der Waals surface area contributed by atoms with Gasteiger partial charge in [0.15, 0.2) is 0 Å². The monoisotopic (exact) mass is 103 g/mol. The third kappa shape index (κ3) is 5.62. The van der Waals surface area contributed by atoms with Crippen molar-refractivity contribution >= 4 is 0 Å². The zero-order chi connectivity index (χ0) is 5.54. The second-order valence-corrected chi connectivity index (χ2v) is 0.999. The number of hydrogen-bond donors (Lipinski definition) is 1. The Balaban J connectivity index is 2.69. The van der Waals surface area contributed by atoms with Gasteiger partial charge in [-0.25, -0.2) is 10.5 Å². The van der Waals surface area contributed by atoms with Gasteiger partial charge in [-0.15, -0.1) is 0 Å². The van der Waals surface area contributed by atoms with Crippen LogP contribution >= 0.6 is 0 Å². The summed E-state index contributed by atoms with van der Waals surface area (Å²) in [5, 5.41) is 9.42. The van der Waals surface area contributed by atoms with Gasteiger partial charge in [-0.3, -0.25) is 0 Å². The molecule has 2 N–H and O–H groups in total. The van der Waals surface area contributed by atoms with Crippen molar-refractivity contribution in [1.82, 2.24) is 0 Å². The summed E-state index contributed by atoms with van der Waals surface area (Å²) in [6.07, 6.45) is 3.58. The third-order valence-electron chi connectivity index (χ3n) is 0.496.